The number of methoxy groups -OCH3 is 1. The Bertz CT molecular complexity index is 391. The zero-order valence-electron chi connectivity index (χ0n) is 10.4. The Morgan fingerprint density at radius 2 is 2.18 bits per heavy atom. The van der Waals surface area contributed by atoms with Crippen LogP contribution in [-0.2, 0) is 4.74 Å². The third-order valence-electron chi connectivity index (χ3n) is 2.42. The number of hydrogen-bond donors (Lipinski definition) is 1. The molecule has 0 bridgehead atoms. The summed E-state index contributed by atoms with van der Waals surface area (Å²) in [6, 6.07) is 4.35. The van der Waals surface area contributed by atoms with Gasteiger partial charge in [0.1, 0.15) is 5.82 Å². The number of carbonyl (C=O) groups is 1. The van der Waals surface area contributed by atoms with Crippen molar-refractivity contribution in [2.24, 2.45) is 5.92 Å². The molecule has 0 fully saturated rings. The molecule has 0 saturated carbocycles. The van der Waals surface area contributed by atoms with Gasteiger partial charge in [0.2, 0.25) is 0 Å². The molecule has 0 aliphatic rings. The van der Waals surface area contributed by atoms with Crippen molar-refractivity contribution < 1.29 is 13.9 Å². The van der Waals surface area contributed by atoms with Gasteiger partial charge in [0.15, 0.2) is 0 Å². The lowest BCUT2D eigenvalue weighted by Gasteiger charge is -2.09. The molecular weight excluding hydrogens is 221 g/mol. The van der Waals surface area contributed by atoms with Gasteiger partial charge in [-0.2, -0.15) is 0 Å². The lowest BCUT2D eigenvalue weighted by atomic mass is 10.1. The fraction of sp³-hybridized carbons (Fsp3) is 0.462. The Labute approximate surface area is 101 Å². The summed E-state index contributed by atoms with van der Waals surface area (Å²) in [6.45, 7) is 5.06. The van der Waals surface area contributed by atoms with E-state index in [1.807, 2.05) is 0 Å². The molecule has 0 aliphatic carbocycles. The van der Waals surface area contributed by atoms with Gasteiger partial charge in [-0.05, 0) is 30.5 Å². The van der Waals surface area contributed by atoms with Gasteiger partial charge >= 0.3 is 5.97 Å². The molecule has 0 saturated heterocycles. The van der Waals surface area contributed by atoms with Crippen molar-refractivity contribution in [3.05, 3.63) is 29.6 Å². The number of carbonyl (C=O) groups excluding carboxylic acids is 1. The van der Waals surface area contributed by atoms with Gasteiger partial charge in [-0.15, -0.1) is 0 Å². The third-order valence-corrected chi connectivity index (χ3v) is 2.42. The number of ether oxygens (including phenoxy) is 1. The molecule has 0 amide bonds. The standard InChI is InChI=1S/C13H18FNO2/c1-9(2)6-7-15-10-4-5-12(14)11(8-10)13(16)17-3/h4-5,8-9,15H,6-7H2,1-3H3. The van der Waals surface area contributed by atoms with Gasteiger partial charge in [-0.25, -0.2) is 9.18 Å². The minimum atomic E-state index is -0.657. The van der Waals surface area contributed by atoms with Crippen LogP contribution in [0.5, 0.6) is 0 Å². The van der Waals surface area contributed by atoms with Crippen molar-refractivity contribution in [2.75, 3.05) is 19.0 Å². The van der Waals surface area contributed by atoms with Crippen LogP contribution in [0.25, 0.3) is 0 Å². The summed E-state index contributed by atoms with van der Waals surface area (Å²) >= 11 is 0. The normalized spacial score (nSPS) is 10.4. The first kappa shape index (κ1) is 13.5. The molecule has 0 heterocycles. The van der Waals surface area contributed by atoms with E-state index in [-0.39, 0.29) is 5.56 Å². The number of rotatable bonds is 5. The maximum atomic E-state index is 13.3. The Balaban J connectivity index is 2.71. The Morgan fingerprint density at radius 1 is 1.47 bits per heavy atom. The first-order valence-corrected chi connectivity index (χ1v) is 5.66. The van der Waals surface area contributed by atoms with Crippen LogP contribution in [0.1, 0.15) is 30.6 Å². The van der Waals surface area contributed by atoms with Crippen LogP contribution in [0.4, 0.5) is 10.1 Å². The summed E-state index contributed by atoms with van der Waals surface area (Å²) in [5, 5.41) is 3.15. The van der Waals surface area contributed by atoms with Crippen LogP contribution in [0.15, 0.2) is 18.2 Å². The summed E-state index contributed by atoms with van der Waals surface area (Å²) in [5.41, 5.74) is 0.689. The number of esters is 1. The smallest absolute Gasteiger partial charge is 0.340 e. The average Bonchev–Trinajstić information content (AvgIpc) is 2.30. The number of hydrogen-bond acceptors (Lipinski definition) is 3. The van der Waals surface area contributed by atoms with E-state index >= 15 is 0 Å². The van der Waals surface area contributed by atoms with Gasteiger partial charge < -0.3 is 10.1 Å². The Morgan fingerprint density at radius 3 is 2.76 bits per heavy atom. The van der Waals surface area contributed by atoms with Crippen LogP contribution in [-0.4, -0.2) is 19.6 Å². The van der Waals surface area contributed by atoms with Gasteiger partial charge in [0, 0.05) is 12.2 Å². The molecular formula is C13H18FNO2. The second-order valence-corrected chi connectivity index (χ2v) is 4.30. The maximum Gasteiger partial charge on any atom is 0.340 e. The molecule has 0 unspecified atom stereocenters. The monoisotopic (exact) mass is 239 g/mol. The van der Waals surface area contributed by atoms with Gasteiger partial charge in [-0.3, -0.25) is 0 Å². The number of nitrogens with one attached hydrogen (secondary N) is 1. The van der Waals surface area contributed by atoms with E-state index in [1.54, 1.807) is 6.07 Å². The van der Waals surface area contributed by atoms with Crippen molar-refractivity contribution in [3.8, 4) is 0 Å². The predicted octanol–water partition coefficient (Wildman–Crippen LogP) is 3.07. The molecule has 17 heavy (non-hydrogen) atoms. The highest BCUT2D eigenvalue weighted by Crippen LogP contribution is 2.16. The molecule has 0 radical (unpaired) electrons. The molecule has 94 valence electrons. The van der Waals surface area contributed by atoms with Crippen molar-refractivity contribution in [1.29, 1.82) is 0 Å². The van der Waals surface area contributed by atoms with Crippen LogP contribution < -0.4 is 5.32 Å². The highest BCUT2D eigenvalue weighted by molar-refractivity contribution is 5.90. The fourth-order valence-electron chi connectivity index (χ4n) is 1.41. The van der Waals surface area contributed by atoms with E-state index in [1.165, 1.54) is 19.2 Å². The van der Waals surface area contributed by atoms with Gasteiger partial charge in [0.05, 0.1) is 12.7 Å². The summed E-state index contributed by atoms with van der Waals surface area (Å²) in [6.07, 6.45) is 1.02. The molecule has 4 heteroatoms. The van der Waals surface area contributed by atoms with E-state index in [0.29, 0.717) is 5.92 Å². The largest absolute Gasteiger partial charge is 0.465 e. The SMILES string of the molecule is COC(=O)c1cc(NCCC(C)C)ccc1F. The van der Waals surface area contributed by atoms with E-state index < -0.39 is 11.8 Å². The first-order valence-electron chi connectivity index (χ1n) is 5.66. The van der Waals surface area contributed by atoms with Gasteiger partial charge in [-0.1, -0.05) is 13.8 Å². The summed E-state index contributed by atoms with van der Waals surface area (Å²) in [5.74, 6) is -0.621. The zero-order valence-corrected chi connectivity index (χ0v) is 10.4. The third kappa shape index (κ3) is 4.06. The van der Waals surface area contributed by atoms with Crippen molar-refractivity contribution in [3.63, 3.8) is 0 Å². The van der Waals surface area contributed by atoms with E-state index in [2.05, 4.69) is 23.9 Å². The first-order chi connectivity index (χ1) is 8.04. The van der Waals surface area contributed by atoms with Crippen LogP contribution in [0, 0.1) is 11.7 Å². The molecule has 0 aliphatic heterocycles. The number of anilines is 1. The van der Waals surface area contributed by atoms with Crippen molar-refractivity contribution in [1.82, 2.24) is 0 Å². The molecule has 1 rings (SSSR count). The van der Waals surface area contributed by atoms with Crippen molar-refractivity contribution in [2.45, 2.75) is 20.3 Å². The van der Waals surface area contributed by atoms with Crippen LogP contribution in [0.3, 0.4) is 0 Å². The lowest BCUT2D eigenvalue weighted by molar-refractivity contribution is 0.0595. The van der Waals surface area contributed by atoms with Crippen molar-refractivity contribution >= 4 is 11.7 Å². The van der Waals surface area contributed by atoms with E-state index in [4.69, 9.17) is 0 Å². The second kappa shape index (κ2) is 6.23. The fourth-order valence-corrected chi connectivity index (χ4v) is 1.41. The molecule has 1 N–H and O–H groups in total. The molecule has 0 spiro atoms. The molecule has 3 nitrogen and oxygen atoms in total. The molecule has 1 aromatic rings. The highest BCUT2D eigenvalue weighted by atomic mass is 19.1. The topological polar surface area (TPSA) is 38.3 Å². The molecule has 1 aromatic carbocycles. The van der Waals surface area contributed by atoms with E-state index in [0.717, 1.165) is 18.7 Å². The summed E-state index contributed by atoms with van der Waals surface area (Å²) < 4.78 is 17.8. The average molecular weight is 239 g/mol. The molecule has 0 atom stereocenters. The van der Waals surface area contributed by atoms with Crippen LogP contribution in [0.2, 0.25) is 0 Å². The minimum absolute atomic E-state index is 0.0398. The second-order valence-electron chi connectivity index (χ2n) is 4.30. The van der Waals surface area contributed by atoms with Gasteiger partial charge in [0.25, 0.3) is 0 Å². The van der Waals surface area contributed by atoms with Crippen LogP contribution >= 0.6 is 0 Å². The highest BCUT2D eigenvalue weighted by Gasteiger charge is 2.12. The summed E-state index contributed by atoms with van der Waals surface area (Å²) in [7, 11) is 1.24. The lowest BCUT2D eigenvalue weighted by Crippen LogP contribution is -2.08. The predicted molar refractivity (Wildman–Crippen MR) is 65.7 cm³/mol. The molecule has 0 aromatic heterocycles. The summed E-state index contributed by atoms with van der Waals surface area (Å²) in [4.78, 5) is 11.3. The minimum Gasteiger partial charge on any atom is -0.465 e. The maximum absolute atomic E-state index is 13.3. The Kier molecular flexibility index (Phi) is 4.94. The van der Waals surface area contributed by atoms with E-state index in [9.17, 15) is 9.18 Å². The number of benzene rings is 1. The zero-order chi connectivity index (χ0) is 12.8. The quantitative estimate of drug-likeness (QED) is 0.802. The number of halogens is 1. The Hall–Kier alpha value is -1.58.